The van der Waals surface area contributed by atoms with Crippen LogP contribution in [0.15, 0.2) is 23.3 Å². The maximum Gasteiger partial charge on any atom is 0.161 e. The molecule has 0 unspecified atom stereocenters. The topological polar surface area (TPSA) is 87.5 Å². The van der Waals surface area contributed by atoms with Gasteiger partial charge < -0.3 is 14.6 Å². The second kappa shape index (κ2) is 6.55. The van der Waals surface area contributed by atoms with E-state index < -0.39 is 0 Å². The monoisotopic (exact) mass is 223 g/mol. The lowest BCUT2D eigenvalue weighted by Gasteiger charge is -2.10. The van der Waals surface area contributed by atoms with Crippen LogP contribution in [0, 0.1) is 0 Å². The lowest BCUT2D eigenvalue weighted by molar-refractivity contribution is 0.278. The predicted molar refractivity (Wildman–Crippen MR) is 58.4 cm³/mol. The second-order valence-electron chi connectivity index (χ2n) is 2.95. The summed E-state index contributed by atoms with van der Waals surface area (Å²) < 4.78 is 10.5. The van der Waals surface area contributed by atoms with Crippen molar-refractivity contribution in [1.29, 1.82) is 0 Å². The number of azide groups is 1. The van der Waals surface area contributed by atoms with Crippen molar-refractivity contribution in [2.45, 2.75) is 6.61 Å². The van der Waals surface area contributed by atoms with Crippen molar-refractivity contribution in [2.75, 3.05) is 20.3 Å². The van der Waals surface area contributed by atoms with Gasteiger partial charge in [0.2, 0.25) is 0 Å². The smallest absolute Gasteiger partial charge is 0.161 e. The Morgan fingerprint density at radius 1 is 1.44 bits per heavy atom. The molecule has 0 saturated heterocycles. The molecule has 1 aromatic carbocycles. The van der Waals surface area contributed by atoms with Crippen LogP contribution < -0.4 is 9.47 Å². The van der Waals surface area contributed by atoms with Gasteiger partial charge in [-0.1, -0.05) is 11.2 Å². The summed E-state index contributed by atoms with van der Waals surface area (Å²) in [6.45, 7) is 0.510. The summed E-state index contributed by atoms with van der Waals surface area (Å²) in [5.74, 6) is 1.11. The quantitative estimate of drug-likeness (QED) is 0.345. The minimum absolute atomic E-state index is 0.0463. The average Bonchev–Trinajstić information content (AvgIpc) is 2.34. The molecule has 0 fully saturated rings. The van der Waals surface area contributed by atoms with Crippen molar-refractivity contribution < 1.29 is 14.6 Å². The Balaban J connectivity index is 2.67. The van der Waals surface area contributed by atoms with Crippen molar-refractivity contribution in [3.8, 4) is 11.5 Å². The van der Waals surface area contributed by atoms with E-state index in [4.69, 9.17) is 20.1 Å². The molecule has 0 spiro atoms. The van der Waals surface area contributed by atoms with E-state index in [9.17, 15) is 0 Å². The van der Waals surface area contributed by atoms with Gasteiger partial charge in [-0.3, -0.25) is 0 Å². The molecule has 0 atom stereocenters. The van der Waals surface area contributed by atoms with Gasteiger partial charge in [0.15, 0.2) is 11.5 Å². The lowest BCUT2D eigenvalue weighted by Crippen LogP contribution is -2.02. The number of hydrogen-bond acceptors (Lipinski definition) is 4. The van der Waals surface area contributed by atoms with Crippen LogP contribution in [0.5, 0.6) is 11.5 Å². The molecule has 6 heteroatoms. The molecule has 0 heterocycles. The van der Waals surface area contributed by atoms with E-state index in [0.717, 1.165) is 5.56 Å². The zero-order valence-corrected chi connectivity index (χ0v) is 8.96. The second-order valence-corrected chi connectivity index (χ2v) is 2.95. The minimum Gasteiger partial charge on any atom is -0.493 e. The van der Waals surface area contributed by atoms with Crippen LogP contribution in [-0.2, 0) is 6.61 Å². The highest BCUT2D eigenvalue weighted by atomic mass is 16.5. The van der Waals surface area contributed by atoms with Crippen molar-refractivity contribution in [3.63, 3.8) is 0 Å². The van der Waals surface area contributed by atoms with Crippen LogP contribution >= 0.6 is 0 Å². The van der Waals surface area contributed by atoms with Crippen LogP contribution in [0.3, 0.4) is 0 Å². The van der Waals surface area contributed by atoms with E-state index in [-0.39, 0.29) is 13.2 Å². The molecule has 1 N–H and O–H groups in total. The first-order chi connectivity index (χ1) is 7.81. The number of methoxy groups -OCH3 is 1. The third-order valence-corrected chi connectivity index (χ3v) is 1.92. The minimum atomic E-state index is -0.0463. The summed E-state index contributed by atoms with van der Waals surface area (Å²) in [4.78, 5) is 2.62. The number of aliphatic hydroxyl groups is 1. The van der Waals surface area contributed by atoms with Crippen molar-refractivity contribution in [2.24, 2.45) is 5.11 Å². The van der Waals surface area contributed by atoms with E-state index in [1.165, 1.54) is 7.11 Å². The summed E-state index contributed by atoms with van der Waals surface area (Å²) >= 11 is 0. The molecule has 0 aliphatic rings. The fourth-order valence-electron chi connectivity index (χ4n) is 1.17. The van der Waals surface area contributed by atoms with Crippen LogP contribution in [0.4, 0.5) is 0 Å². The first kappa shape index (κ1) is 12.2. The van der Waals surface area contributed by atoms with Crippen LogP contribution in [0.1, 0.15) is 5.56 Å². The fraction of sp³-hybridized carbons (Fsp3) is 0.400. The molecule has 0 aromatic heterocycles. The van der Waals surface area contributed by atoms with Gasteiger partial charge in [-0.25, -0.2) is 0 Å². The summed E-state index contributed by atoms with van der Waals surface area (Å²) in [7, 11) is 1.52. The molecule has 0 amide bonds. The first-order valence-corrected chi connectivity index (χ1v) is 4.73. The molecule has 6 nitrogen and oxygen atoms in total. The molecular formula is C10H13N3O3. The molecule has 0 aliphatic carbocycles. The number of hydrogen-bond donors (Lipinski definition) is 1. The molecule has 1 aromatic rings. The van der Waals surface area contributed by atoms with E-state index >= 15 is 0 Å². The number of benzene rings is 1. The maximum absolute atomic E-state index is 8.94. The summed E-state index contributed by atoms with van der Waals surface area (Å²) in [6, 6.07) is 5.15. The van der Waals surface area contributed by atoms with Gasteiger partial charge in [0.05, 0.1) is 26.9 Å². The van der Waals surface area contributed by atoms with Gasteiger partial charge in [-0.2, -0.15) is 0 Å². The number of rotatable bonds is 6. The van der Waals surface area contributed by atoms with Crippen molar-refractivity contribution in [1.82, 2.24) is 0 Å². The Bertz CT molecular complexity index is 389. The molecule has 0 aliphatic heterocycles. The molecule has 16 heavy (non-hydrogen) atoms. The van der Waals surface area contributed by atoms with Crippen LogP contribution in [-0.4, -0.2) is 25.4 Å². The normalized spacial score (nSPS) is 9.38. The average molecular weight is 223 g/mol. The lowest BCUT2D eigenvalue weighted by atomic mass is 10.2. The van der Waals surface area contributed by atoms with Crippen molar-refractivity contribution in [3.05, 3.63) is 34.2 Å². The SMILES string of the molecule is COc1cc(CO)ccc1OCCN=[N+]=[N-]. The largest absolute Gasteiger partial charge is 0.493 e. The predicted octanol–water partition coefficient (Wildman–Crippen LogP) is 1.88. The van der Waals surface area contributed by atoms with Gasteiger partial charge in [-0.05, 0) is 23.2 Å². The van der Waals surface area contributed by atoms with E-state index in [0.29, 0.717) is 18.1 Å². The maximum atomic E-state index is 8.94. The fourth-order valence-corrected chi connectivity index (χ4v) is 1.17. The highest BCUT2D eigenvalue weighted by Gasteiger charge is 2.04. The zero-order valence-electron chi connectivity index (χ0n) is 8.96. The van der Waals surface area contributed by atoms with Crippen LogP contribution in [0.2, 0.25) is 0 Å². The molecule has 0 radical (unpaired) electrons. The zero-order chi connectivity index (χ0) is 11.8. The Labute approximate surface area is 93.0 Å². The Hall–Kier alpha value is -1.91. The Kier molecular flexibility index (Phi) is 4.98. The van der Waals surface area contributed by atoms with E-state index in [2.05, 4.69) is 10.0 Å². The highest BCUT2D eigenvalue weighted by molar-refractivity contribution is 5.42. The standard InChI is InChI=1S/C10H13N3O3/c1-15-10-6-8(7-14)2-3-9(10)16-5-4-12-13-11/h2-3,6,14H,4-5,7H2,1H3. The third kappa shape index (κ3) is 3.34. The molecule has 0 saturated carbocycles. The third-order valence-electron chi connectivity index (χ3n) is 1.92. The van der Waals surface area contributed by atoms with E-state index in [1.54, 1.807) is 18.2 Å². The number of aliphatic hydroxyl groups excluding tert-OH is 1. The number of ether oxygens (including phenoxy) is 2. The van der Waals surface area contributed by atoms with Crippen LogP contribution in [0.25, 0.3) is 10.4 Å². The summed E-state index contributed by atoms with van der Waals surface area (Å²) in [5, 5.41) is 12.3. The van der Waals surface area contributed by atoms with Gasteiger partial charge in [-0.15, -0.1) is 0 Å². The van der Waals surface area contributed by atoms with Gasteiger partial charge in [0.25, 0.3) is 0 Å². The highest BCUT2D eigenvalue weighted by Crippen LogP contribution is 2.27. The van der Waals surface area contributed by atoms with Gasteiger partial charge in [0, 0.05) is 4.91 Å². The summed E-state index contributed by atoms with van der Waals surface area (Å²) in [5.41, 5.74) is 8.83. The molecule has 86 valence electrons. The molecule has 0 bridgehead atoms. The number of nitrogens with zero attached hydrogens (tertiary/aromatic N) is 3. The summed E-state index contributed by atoms with van der Waals surface area (Å²) in [6.07, 6.45) is 0. The Morgan fingerprint density at radius 2 is 2.25 bits per heavy atom. The first-order valence-electron chi connectivity index (χ1n) is 4.73. The molecule has 1 rings (SSSR count). The Morgan fingerprint density at radius 3 is 2.88 bits per heavy atom. The van der Waals surface area contributed by atoms with Gasteiger partial charge >= 0.3 is 0 Å². The molecular weight excluding hydrogens is 210 g/mol. The van der Waals surface area contributed by atoms with Crippen molar-refractivity contribution >= 4 is 0 Å². The van der Waals surface area contributed by atoms with Gasteiger partial charge in [0.1, 0.15) is 0 Å². The van der Waals surface area contributed by atoms with E-state index in [1.807, 2.05) is 0 Å².